The maximum Gasteiger partial charge on any atom is 0.236 e. The summed E-state index contributed by atoms with van der Waals surface area (Å²) < 4.78 is 21.9. The molecule has 0 aliphatic heterocycles. The molecule has 0 bridgehead atoms. The molecule has 3 nitrogen and oxygen atoms in total. The van der Waals surface area contributed by atoms with Crippen molar-refractivity contribution >= 4 is 35.7 Å². The summed E-state index contributed by atoms with van der Waals surface area (Å²) >= 11 is 3.13. The molecule has 0 radical (unpaired) electrons. The lowest BCUT2D eigenvalue weighted by Crippen LogP contribution is -1.95. The summed E-state index contributed by atoms with van der Waals surface area (Å²) in [7, 11) is 1.57. The van der Waals surface area contributed by atoms with E-state index in [9.17, 15) is 8.42 Å². The van der Waals surface area contributed by atoms with Crippen LogP contribution in [0.25, 0.3) is 0 Å². The van der Waals surface area contributed by atoms with E-state index in [1.54, 1.807) is 12.1 Å². The topological polar surface area (TPSA) is 47.0 Å². The number of nitrogens with zero attached hydrogens (tertiary/aromatic N) is 1. The molecule has 0 aliphatic carbocycles. The number of hydrogen-bond donors (Lipinski definition) is 0. The molecule has 0 N–H and O–H groups in total. The van der Waals surface area contributed by atoms with Gasteiger partial charge in [-0.15, -0.1) is 0 Å². The summed E-state index contributed by atoms with van der Waals surface area (Å²) in [6.45, 7) is 0. The molecule has 0 aromatic carbocycles. The summed E-state index contributed by atoms with van der Waals surface area (Å²) in [5, 5.41) is 0. The molecule has 6 heteroatoms. The van der Waals surface area contributed by atoms with Crippen LogP contribution in [0.15, 0.2) is 22.9 Å². The lowest BCUT2D eigenvalue weighted by molar-refractivity contribution is 0.609. The molecule has 1 rings (SSSR count). The lowest BCUT2D eigenvalue weighted by atomic mass is 10.3. The highest BCUT2D eigenvalue weighted by Gasteiger charge is 2.06. The minimum atomic E-state index is -3.47. The normalized spacial score (nSPS) is 11.5. The zero-order chi connectivity index (χ0) is 9.19. The molecule has 1 heterocycles. The van der Waals surface area contributed by atoms with Crippen LogP contribution in [0, 0.1) is 0 Å². The Morgan fingerprint density at radius 1 is 1.50 bits per heavy atom. The first-order chi connectivity index (χ1) is 5.47. The smallest absolute Gasteiger partial charge is 0.236 e. The van der Waals surface area contributed by atoms with Crippen molar-refractivity contribution in [2.45, 2.75) is 5.75 Å². The van der Waals surface area contributed by atoms with Crippen LogP contribution >= 0.6 is 26.6 Å². The van der Waals surface area contributed by atoms with Crippen molar-refractivity contribution in [3.63, 3.8) is 0 Å². The molecule has 0 unspecified atom stereocenters. The molecule has 0 spiro atoms. The fourth-order valence-corrected chi connectivity index (χ4v) is 1.87. The first-order valence-electron chi connectivity index (χ1n) is 3.00. The van der Waals surface area contributed by atoms with Gasteiger partial charge in [0, 0.05) is 16.9 Å². The van der Waals surface area contributed by atoms with E-state index in [4.69, 9.17) is 10.7 Å². The third kappa shape index (κ3) is 3.51. The van der Waals surface area contributed by atoms with E-state index in [0.29, 0.717) is 10.2 Å². The van der Waals surface area contributed by atoms with E-state index in [0.717, 1.165) is 0 Å². The van der Waals surface area contributed by atoms with E-state index < -0.39 is 9.05 Å². The van der Waals surface area contributed by atoms with Gasteiger partial charge < -0.3 is 0 Å². The number of halogens is 2. The molecule has 0 aliphatic rings. The second-order valence-corrected chi connectivity index (χ2v) is 5.76. The van der Waals surface area contributed by atoms with Gasteiger partial charge in [0.05, 0.1) is 5.75 Å². The van der Waals surface area contributed by atoms with Crippen molar-refractivity contribution in [1.82, 2.24) is 4.98 Å². The molecule has 12 heavy (non-hydrogen) atoms. The molecule has 0 saturated heterocycles. The molecular formula is C6H5BrClNO2S. The second kappa shape index (κ2) is 3.72. The third-order valence-corrected chi connectivity index (χ3v) is 2.60. The largest absolute Gasteiger partial charge is 0.249 e. The molecular weight excluding hydrogens is 265 g/mol. The fraction of sp³-hybridized carbons (Fsp3) is 0.167. The van der Waals surface area contributed by atoms with Crippen LogP contribution < -0.4 is 0 Å². The minimum absolute atomic E-state index is 0.186. The Kier molecular flexibility index (Phi) is 3.09. The van der Waals surface area contributed by atoms with E-state index >= 15 is 0 Å². The first kappa shape index (κ1) is 9.95. The minimum Gasteiger partial charge on any atom is -0.249 e. The summed E-state index contributed by atoms with van der Waals surface area (Å²) in [4.78, 5) is 3.86. The summed E-state index contributed by atoms with van der Waals surface area (Å²) in [5.74, 6) is -0.186. The molecule has 66 valence electrons. The molecule has 0 atom stereocenters. The summed E-state index contributed by atoms with van der Waals surface area (Å²) in [6, 6.07) is 3.31. The van der Waals surface area contributed by atoms with Crippen molar-refractivity contribution in [1.29, 1.82) is 0 Å². The lowest BCUT2D eigenvalue weighted by Gasteiger charge is -1.96. The van der Waals surface area contributed by atoms with Gasteiger partial charge in [0.2, 0.25) is 9.05 Å². The van der Waals surface area contributed by atoms with Crippen molar-refractivity contribution in [3.8, 4) is 0 Å². The van der Waals surface area contributed by atoms with E-state index in [1.165, 1.54) is 6.20 Å². The van der Waals surface area contributed by atoms with Gasteiger partial charge in [0.1, 0.15) is 4.60 Å². The van der Waals surface area contributed by atoms with Crippen molar-refractivity contribution in [2.24, 2.45) is 0 Å². The SMILES string of the molecule is O=S(=O)(Cl)Cc1ccc(Br)nc1. The van der Waals surface area contributed by atoms with Crippen LogP contribution in [-0.4, -0.2) is 13.4 Å². The van der Waals surface area contributed by atoms with Crippen LogP contribution in [0.4, 0.5) is 0 Å². The zero-order valence-electron chi connectivity index (χ0n) is 5.87. The summed E-state index contributed by atoms with van der Waals surface area (Å²) in [6.07, 6.45) is 1.46. The van der Waals surface area contributed by atoms with Crippen molar-refractivity contribution in [2.75, 3.05) is 0 Å². The highest BCUT2D eigenvalue weighted by atomic mass is 79.9. The standard InChI is InChI=1S/C6H5BrClNO2S/c7-6-2-1-5(3-9-6)4-12(8,10)11/h1-3H,4H2. The highest BCUT2D eigenvalue weighted by molar-refractivity contribution is 9.10. The predicted molar refractivity (Wildman–Crippen MR) is 50.4 cm³/mol. The summed E-state index contributed by atoms with van der Waals surface area (Å²) in [5.41, 5.74) is 0.577. The number of hydrogen-bond acceptors (Lipinski definition) is 3. The van der Waals surface area contributed by atoms with Gasteiger partial charge in [-0.05, 0) is 27.6 Å². The maximum atomic E-state index is 10.6. The average Bonchev–Trinajstić information content (AvgIpc) is 1.91. The van der Waals surface area contributed by atoms with Crippen LogP contribution in [0.2, 0.25) is 0 Å². The van der Waals surface area contributed by atoms with Gasteiger partial charge in [-0.3, -0.25) is 0 Å². The molecule has 0 amide bonds. The van der Waals surface area contributed by atoms with Crippen molar-refractivity contribution in [3.05, 3.63) is 28.5 Å². The van der Waals surface area contributed by atoms with Crippen molar-refractivity contribution < 1.29 is 8.42 Å². The average molecular weight is 271 g/mol. The number of aromatic nitrogens is 1. The van der Waals surface area contributed by atoms with Gasteiger partial charge in [0.15, 0.2) is 0 Å². The Morgan fingerprint density at radius 2 is 2.17 bits per heavy atom. The quantitative estimate of drug-likeness (QED) is 0.609. The van der Waals surface area contributed by atoms with E-state index in [2.05, 4.69) is 20.9 Å². The number of pyridine rings is 1. The zero-order valence-corrected chi connectivity index (χ0v) is 9.03. The van der Waals surface area contributed by atoms with Gasteiger partial charge in [-0.25, -0.2) is 13.4 Å². The van der Waals surface area contributed by atoms with Gasteiger partial charge in [-0.2, -0.15) is 0 Å². The monoisotopic (exact) mass is 269 g/mol. The Bertz CT molecular complexity index is 362. The van der Waals surface area contributed by atoms with Gasteiger partial charge >= 0.3 is 0 Å². The Balaban J connectivity index is 2.85. The molecule has 0 fully saturated rings. The predicted octanol–water partition coefficient (Wildman–Crippen LogP) is 1.91. The Hall–Kier alpha value is -0.130. The second-order valence-electron chi connectivity index (χ2n) is 2.17. The molecule has 0 saturated carbocycles. The van der Waals surface area contributed by atoms with Crippen LogP contribution in [0.1, 0.15) is 5.56 Å². The highest BCUT2D eigenvalue weighted by Crippen LogP contribution is 2.11. The fourth-order valence-electron chi connectivity index (χ4n) is 0.691. The van der Waals surface area contributed by atoms with Crippen LogP contribution in [0.5, 0.6) is 0 Å². The van der Waals surface area contributed by atoms with Gasteiger partial charge in [0.25, 0.3) is 0 Å². The first-order valence-corrected chi connectivity index (χ1v) is 6.27. The Labute approximate surface area is 83.3 Å². The number of rotatable bonds is 2. The van der Waals surface area contributed by atoms with Crippen LogP contribution in [0.3, 0.4) is 0 Å². The molecule has 1 aromatic rings. The van der Waals surface area contributed by atoms with Crippen LogP contribution in [-0.2, 0) is 14.8 Å². The molecule has 1 aromatic heterocycles. The third-order valence-electron chi connectivity index (χ3n) is 1.13. The van der Waals surface area contributed by atoms with E-state index in [1.807, 2.05) is 0 Å². The van der Waals surface area contributed by atoms with E-state index in [-0.39, 0.29) is 5.75 Å². The Morgan fingerprint density at radius 3 is 2.58 bits per heavy atom. The van der Waals surface area contributed by atoms with Gasteiger partial charge in [-0.1, -0.05) is 6.07 Å². The maximum absolute atomic E-state index is 10.6.